The number of nitrogens with zero attached hydrogens (tertiary/aromatic N) is 5. The molecule has 29 heavy (non-hydrogen) atoms. The average Bonchev–Trinajstić information content (AvgIpc) is 3.43. The zero-order valence-corrected chi connectivity index (χ0v) is 16.4. The number of carbonyl (C=O) groups excluding carboxylic acids is 3. The van der Waals surface area contributed by atoms with Gasteiger partial charge in [0.05, 0.1) is 17.2 Å². The standard InChI is InChI=1S/C19H18N6O3S/c1-12(15-7-4-10-29-15)20-17(26)11-25-22-16(21-23-25)8-9-24-18(27)13-5-2-3-6-14(13)19(24)28/h2-7,10,12H,8-9,11H2,1H3,(H,20,26)/t12-/m0/s1. The van der Waals surface area contributed by atoms with Crippen molar-refractivity contribution in [2.24, 2.45) is 0 Å². The zero-order chi connectivity index (χ0) is 20.4. The minimum Gasteiger partial charge on any atom is -0.347 e. The summed E-state index contributed by atoms with van der Waals surface area (Å²) in [7, 11) is 0. The van der Waals surface area contributed by atoms with Crippen LogP contribution in [0.4, 0.5) is 0 Å². The molecule has 0 saturated heterocycles. The highest BCUT2D eigenvalue weighted by Crippen LogP contribution is 2.22. The molecule has 3 heterocycles. The van der Waals surface area contributed by atoms with Crippen molar-refractivity contribution in [2.45, 2.75) is 25.9 Å². The lowest BCUT2D eigenvalue weighted by Gasteiger charge is -2.12. The third-order valence-electron chi connectivity index (χ3n) is 4.56. The molecule has 0 bridgehead atoms. The fourth-order valence-corrected chi connectivity index (χ4v) is 3.86. The number of hydrogen-bond acceptors (Lipinski definition) is 7. The Morgan fingerprint density at radius 2 is 1.86 bits per heavy atom. The van der Waals surface area contributed by atoms with E-state index >= 15 is 0 Å². The molecule has 148 valence electrons. The minimum atomic E-state index is -0.320. The number of tetrazole rings is 1. The van der Waals surface area contributed by atoms with Crippen LogP contribution in [-0.2, 0) is 17.8 Å². The molecule has 10 heteroatoms. The van der Waals surface area contributed by atoms with E-state index in [1.165, 1.54) is 9.70 Å². The van der Waals surface area contributed by atoms with Crippen LogP contribution < -0.4 is 5.32 Å². The molecule has 1 atom stereocenters. The van der Waals surface area contributed by atoms with Gasteiger partial charge in [-0.1, -0.05) is 18.2 Å². The van der Waals surface area contributed by atoms with Gasteiger partial charge in [-0.2, -0.15) is 4.80 Å². The maximum Gasteiger partial charge on any atom is 0.261 e. The third-order valence-corrected chi connectivity index (χ3v) is 5.62. The van der Waals surface area contributed by atoms with Gasteiger partial charge < -0.3 is 5.32 Å². The molecule has 0 saturated carbocycles. The van der Waals surface area contributed by atoms with Crippen LogP contribution in [0.5, 0.6) is 0 Å². The predicted octanol–water partition coefficient (Wildman–Crippen LogP) is 1.45. The predicted molar refractivity (Wildman–Crippen MR) is 104 cm³/mol. The molecule has 0 unspecified atom stereocenters. The monoisotopic (exact) mass is 410 g/mol. The second-order valence-electron chi connectivity index (χ2n) is 6.60. The molecule has 0 aliphatic carbocycles. The van der Waals surface area contributed by atoms with Crippen LogP contribution >= 0.6 is 11.3 Å². The van der Waals surface area contributed by atoms with Crippen molar-refractivity contribution < 1.29 is 14.4 Å². The van der Waals surface area contributed by atoms with E-state index in [4.69, 9.17) is 0 Å². The molecular weight excluding hydrogens is 392 g/mol. The number of rotatable bonds is 7. The Kier molecular flexibility index (Phi) is 5.17. The number of nitrogens with one attached hydrogen (secondary N) is 1. The molecule has 0 radical (unpaired) electrons. The second-order valence-corrected chi connectivity index (χ2v) is 7.58. The van der Waals surface area contributed by atoms with Crippen molar-refractivity contribution in [1.29, 1.82) is 0 Å². The minimum absolute atomic E-state index is 0.0598. The fraction of sp³-hybridized carbons (Fsp3) is 0.263. The Balaban J connectivity index is 1.31. The van der Waals surface area contributed by atoms with E-state index in [1.807, 2.05) is 24.4 Å². The number of amides is 3. The lowest BCUT2D eigenvalue weighted by Crippen LogP contribution is -2.32. The summed E-state index contributed by atoms with van der Waals surface area (Å²) in [6.07, 6.45) is 0.263. The molecule has 3 amide bonds. The SMILES string of the molecule is C[C@H](NC(=O)Cn1nnc(CCN2C(=O)c3ccccc3C2=O)n1)c1cccs1. The van der Waals surface area contributed by atoms with E-state index in [2.05, 4.69) is 20.7 Å². The Hall–Kier alpha value is -3.40. The van der Waals surface area contributed by atoms with E-state index in [9.17, 15) is 14.4 Å². The van der Waals surface area contributed by atoms with Gasteiger partial charge in [-0.05, 0) is 35.7 Å². The summed E-state index contributed by atoms with van der Waals surface area (Å²) in [5.41, 5.74) is 0.816. The van der Waals surface area contributed by atoms with Gasteiger partial charge in [0.2, 0.25) is 5.91 Å². The Morgan fingerprint density at radius 1 is 1.14 bits per heavy atom. The molecular formula is C19H18N6O3S. The highest BCUT2D eigenvalue weighted by molar-refractivity contribution is 7.10. The maximum atomic E-state index is 12.4. The molecule has 0 fully saturated rings. The van der Waals surface area contributed by atoms with Crippen molar-refractivity contribution in [3.63, 3.8) is 0 Å². The number of aromatic nitrogens is 4. The summed E-state index contributed by atoms with van der Waals surface area (Å²) in [5, 5.41) is 16.8. The van der Waals surface area contributed by atoms with Crippen LogP contribution in [0.15, 0.2) is 41.8 Å². The van der Waals surface area contributed by atoms with E-state index in [1.54, 1.807) is 35.6 Å². The molecule has 0 spiro atoms. The first kappa shape index (κ1) is 18.9. The maximum absolute atomic E-state index is 12.4. The summed E-state index contributed by atoms with van der Waals surface area (Å²) in [6, 6.07) is 10.5. The molecule has 1 N–H and O–H groups in total. The molecule has 1 aliphatic rings. The van der Waals surface area contributed by atoms with Crippen LogP contribution in [0, 0.1) is 0 Å². The van der Waals surface area contributed by atoms with Crippen molar-refractivity contribution >= 4 is 29.1 Å². The van der Waals surface area contributed by atoms with Gasteiger partial charge in [0.1, 0.15) is 6.54 Å². The molecule has 9 nitrogen and oxygen atoms in total. The summed E-state index contributed by atoms with van der Waals surface area (Å²) in [5.74, 6) is -0.504. The lowest BCUT2D eigenvalue weighted by molar-refractivity contribution is -0.122. The first-order chi connectivity index (χ1) is 14.0. The fourth-order valence-electron chi connectivity index (χ4n) is 3.12. The van der Waals surface area contributed by atoms with Gasteiger partial charge in [0, 0.05) is 17.8 Å². The van der Waals surface area contributed by atoms with Crippen LogP contribution in [-0.4, -0.2) is 49.4 Å². The number of carbonyl (C=O) groups is 3. The molecule has 3 aromatic rings. The van der Waals surface area contributed by atoms with Gasteiger partial charge >= 0.3 is 0 Å². The quantitative estimate of drug-likeness (QED) is 0.591. The van der Waals surface area contributed by atoms with Gasteiger partial charge in [-0.25, -0.2) is 0 Å². The van der Waals surface area contributed by atoms with E-state index in [0.717, 1.165) is 4.88 Å². The number of benzene rings is 1. The number of fused-ring (bicyclic) bond motifs is 1. The highest BCUT2D eigenvalue weighted by Gasteiger charge is 2.34. The van der Waals surface area contributed by atoms with Gasteiger partial charge in [0.25, 0.3) is 11.8 Å². The molecule has 1 aliphatic heterocycles. The third kappa shape index (κ3) is 3.92. The topological polar surface area (TPSA) is 110 Å². The molecule has 2 aromatic heterocycles. The Labute approximate surface area is 170 Å². The highest BCUT2D eigenvalue weighted by atomic mass is 32.1. The largest absolute Gasteiger partial charge is 0.347 e. The van der Waals surface area contributed by atoms with Gasteiger partial charge in [0.15, 0.2) is 5.82 Å². The van der Waals surface area contributed by atoms with Crippen LogP contribution in [0.1, 0.15) is 44.4 Å². The van der Waals surface area contributed by atoms with E-state index in [0.29, 0.717) is 17.0 Å². The van der Waals surface area contributed by atoms with Gasteiger partial charge in [-0.15, -0.1) is 21.5 Å². The van der Waals surface area contributed by atoms with Crippen LogP contribution in [0.3, 0.4) is 0 Å². The lowest BCUT2D eigenvalue weighted by atomic mass is 10.1. The van der Waals surface area contributed by atoms with Crippen molar-refractivity contribution in [2.75, 3.05) is 6.54 Å². The van der Waals surface area contributed by atoms with Crippen molar-refractivity contribution in [3.8, 4) is 0 Å². The summed E-state index contributed by atoms with van der Waals surface area (Å²) in [6.45, 7) is 2.00. The first-order valence-corrected chi connectivity index (χ1v) is 9.95. The van der Waals surface area contributed by atoms with E-state index in [-0.39, 0.29) is 43.3 Å². The second kappa shape index (κ2) is 7.92. The van der Waals surface area contributed by atoms with Crippen LogP contribution in [0.2, 0.25) is 0 Å². The molecule has 1 aromatic carbocycles. The van der Waals surface area contributed by atoms with Gasteiger partial charge in [-0.3, -0.25) is 19.3 Å². The van der Waals surface area contributed by atoms with E-state index < -0.39 is 0 Å². The summed E-state index contributed by atoms with van der Waals surface area (Å²) >= 11 is 1.57. The smallest absolute Gasteiger partial charge is 0.261 e. The number of imide groups is 1. The Morgan fingerprint density at radius 3 is 2.52 bits per heavy atom. The Bertz CT molecular complexity index is 1030. The first-order valence-electron chi connectivity index (χ1n) is 9.07. The summed E-state index contributed by atoms with van der Waals surface area (Å²) < 4.78 is 0. The van der Waals surface area contributed by atoms with Crippen molar-refractivity contribution in [1.82, 2.24) is 30.4 Å². The number of hydrogen-bond donors (Lipinski definition) is 1. The van der Waals surface area contributed by atoms with Crippen LogP contribution in [0.25, 0.3) is 0 Å². The normalized spacial score (nSPS) is 14.2. The zero-order valence-electron chi connectivity index (χ0n) is 15.6. The molecule has 4 rings (SSSR count). The summed E-state index contributed by atoms with van der Waals surface area (Å²) in [4.78, 5) is 40.4. The average molecular weight is 410 g/mol. The number of thiophene rings is 1. The van der Waals surface area contributed by atoms with Crippen molar-refractivity contribution in [3.05, 3.63) is 63.6 Å².